The van der Waals surface area contributed by atoms with E-state index in [0.717, 1.165) is 25.7 Å². The Morgan fingerprint density at radius 2 is 2.14 bits per heavy atom. The molecule has 118 valence electrons. The predicted molar refractivity (Wildman–Crippen MR) is 85.5 cm³/mol. The molecule has 1 aliphatic rings. The normalized spacial score (nSPS) is 23.8. The van der Waals surface area contributed by atoms with E-state index < -0.39 is 0 Å². The van der Waals surface area contributed by atoms with Gasteiger partial charge in [-0.3, -0.25) is 0 Å². The van der Waals surface area contributed by atoms with Crippen LogP contribution in [0.1, 0.15) is 36.6 Å². The van der Waals surface area contributed by atoms with Gasteiger partial charge in [0.1, 0.15) is 0 Å². The Balaban J connectivity index is 1.77. The van der Waals surface area contributed by atoms with E-state index in [1.807, 2.05) is 20.2 Å². The summed E-state index contributed by atoms with van der Waals surface area (Å²) in [4.78, 5) is 15.4. The van der Waals surface area contributed by atoms with Crippen LogP contribution in [0, 0.1) is 0 Å². The molecule has 0 radical (unpaired) electrons. The van der Waals surface area contributed by atoms with Gasteiger partial charge >= 0.3 is 6.03 Å². The molecule has 2 rings (SSSR count). The van der Waals surface area contributed by atoms with Gasteiger partial charge in [-0.15, -0.1) is 11.3 Å². The molecule has 1 fully saturated rings. The number of hydrogen-bond donors (Lipinski definition) is 3. The first-order chi connectivity index (χ1) is 10.1. The molecule has 1 saturated carbocycles. The van der Waals surface area contributed by atoms with E-state index >= 15 is 0 Å². The molecule has 5 nitrogen and oxygen atoms in total. The van der Waals surface area contributed by atoms with Crippen LogP contribution in [0.4, 0.5) is 4.79 Å². The fourth-order valence-electron chi connectivity index (χ4n) is 2.66. The SMILES string of the molecule is CN(C)C(CNC(=O)NC1CCC(O)CC1)c1cccs1. The van der Waals surface area contributed by atoms with Crippen molar-refractivity contribution in [1.29, 1.82) is 0 Å². The van der Waals surface area contributed by atoms with Crippen LogP contribution >= 0.6 is 11.3 Å². The van der Waals surface area contributed by atoms with Gasteiger partial charge in [0, 0.05) is 17.5 Å². The second-order valence-corrected chi connectivity index (χ2v) is 6.83. The molecule has 1 heterocycles. The Morgan fingerprint density at radius 3 is 2.71 bits per heavy atom. The zero-order valence-corrected chi connectivity index (χ0v) is 13.5. The summed E-state index contributed by atoms with van der Waals surface area (Å²) in [6.07, 6.45) is 3.08. The van der Waals surface area contributed by atoms with Gasteiger partial charge in [-0.05, 0) is 51.2 Å². The quantitative estimate of drug-likeness (QED) is 0.779. The molecule has 0 bridgehead atoms. The zero-order chi connectivity index (χ0) is 15.2. The first-order valence-corrected chi connectivity index (χ1v) is 8.36. The third-order valence-electron chi connectivity index (χ3n) is 3.98. The van der Waals surface area contributed by atoms with Gasteiger partial charge in [0.15, 0.2) is 0 Å². The Hall–Kier alpha value is -1.11. The summed E-state index contributed by atoms with van der Waals surface area (Å²) in [5, 5.41) is 17.5. The molecule has 21 heavy (non-hydrogen) atoms. The number of aliphatic hydroxyl groups is 1. The molecule has 3 N–H and O–H groups in total. The minimum Gasteiger partial charge on any atom is -0.393 e. The molecule has 0 spiro atoms. The maximum absolute atomic E-state index is 12.0. The number of hydrogen-bond acceptors (Lipinski definition) is 4. The Kier molecular flexibility index (Phi) is 6.02. The molecular formula is C15H25N3O2S. The molecule has 1 unspecified atom stereocenters. The van der Waals surface area contributed by atoms with E-state index in [1.54, 1.807) is 11.3 Å². The molecule has 0 aliphatic heterocycles. The van der Waals surface area contributed by atoms with Crippen molar-refractivity contribution in [2.45, 2.75) is 43.9 Å². The van der Waals surface area contributed by atoms with Crippen molar-refractivity contribution in [3.05, 3.63) is 22.4 Å². The van der Waals surface area contributed by atoms with E-state index in [9.17, 15) is 9.90 Å². The zero-order valence-electron chi connectivity index (χ0n) is 12.7. The smallest absolute Gasteiger partial charge is 0.315 e. The molecular weight excluding hydrogens is 286 g/mol. The van der Waals surface area contributed by atoms with Crippen LogP contribution in [-0.4, -0.2) is 48.8 Å². The number of thiophene rings is 1. The highest BCUT2D eigenvalue weighted by Crippen LogP contribution is 2.22. The number of carbonyl (C=O) groups excluding carboxylic acids is 1. The fourth-order valence-corrected chi connectivity index (χ4v) is 3.59. The van der Waals surface area contributed by atoms with Crippen LogP contribution < -0.4 is 10.6 Å². The molecule has 0 aromatic carbocycles. The predicted octanol–water partition coefficient (Wildman–Crippen LogP) is 1.95. The highest BCUT2D eigenvalue weighted by Gasteiger charge is 2.21. The lowest BCUT2D eigenvalue weighted by atomic mass is 9.93. The summed E-state index contributed by atoms with van der Waals surface area (Å²) in [5.74, 6) is 0. The van der Waals surface area contributed by atoms with Crippen molar-refractivity contribution in [1.82, 2.24) is 15.5 Å². The van der Waals surface area contributed by atoms with E-state index in [1.165, 1.54) is 4.88 Å². The summed E-state index contributed by atoms with van der Waals surface area (Å²) in [6.45, 7) is 0.592. The fraction of sp³-hybridized carbons (Fsp3) is 0.667. The monoisotopic (exact) mass is 311 g/mol. The van der Waals surface area contributed by atoms with Crippen LogP contribution in [-0.2, 0) is 0 Å². The van der Waals surface area contributed by atoms with Crippen molar-refractivity contribution in [2.24, 2.45) is 0 Å². The van der Waals surface area contributed by atoms with E-state index in [0.29, 0.717) is 6.54 Å². The molecule has 1 aromatic rings. The lowest BCUT2D eigenvalue weighted by Gasteiger charge is -2.27. The second-order valence-electron chi connectivity index (χ2n) is 5.85. The maximum atomic E-state index is 12.0. The highest BCUT2D eigenvalue weighted by atomic mass is 32.1. The average Bonchev–Trinajstić information content (AvgIpc) is 2.95. The molecule has 1 aromatic heterocycles. The van der Waals surface area contributed by atoms with Crippen LogP contribution in [0.15, 0.2) is 17.5 Å². The molecule has 1 atom stereocenters. The van der Waals surface area contributed by atoms with Gasteiger partial charge in [0.2, 0.25) is 0 Å². The molecule has 6 heteroatoms. The number of likely N-dealkylation sites (N-methyl/N-ethyl adjacent to an activating group) is 1. The lowest BCUT2D eigenvalue weighted by Crippen LogP contribution is -2.46. The number of urea groups is 1. The van der Waals surface area contributed by atoms with E-state index in [-0.39, 0.29) is 24.2 Å². The van der Waals surface area contributed by atoms with Gasteiger partial charge in [-0.1, -0.05) is 6.07 Å². The Morgan fingerprint density at radius 1 is 1.43 bits per heavy atom. The minimum atomic E-state index is -0.192. The van der Waals surface area contributed by atoms with Crippen LogP contribution in [0.3, 0.4) is 0 Å². The standard InChI is InChI=1S/C15H25N3O2S/c1-18(2)13(14-4-3-9-21-14)10-16-15(20)17-11-5-7-12(19)8-6-11/h3-4,9,11-13,19H,5-8,10H2,1-2H3,(H2,16,17,20). The Bertz CT molecular complexity index is 428. The van der Waals surface area contributed by atoms with Crippen LogP contribution in [0.2, 0.25) is 0 Å². The summed E-state index contributed by atoms with van der Waals surface area (Å²) >= 11 is 1.71. The first-order valence-electron chi connectivity index (χ1n) is 7.48. The summed E-state index contributed by atoms with van der Waals surface area (Å²) in [6, 6.07) is 4.40. The number of amides is 2. The Labute approximate surface area is 130 Å². The van der Waals surface area contributed by atoms with Gasteiger partial charge in [0.25, 0.3) is 0 Å². The van der Waals surface area contributed by atoms with Crippen LogP contribution in [0.25, 0.3) is 0 Å². The minimum absolute atomic E-state index is 0.111. The van der Waals surface area contributed by atoms with Crippen molar-refractivity contribution in [3.8, 4) is 0 Å². The van der Waals surface area contributed by atoms with Gasteiger partial charge < -0.3 is 20.6 Å². The van der Waals surface area contributed by atoms with E-state index in [2.05, 4.69) is 27.0 Å². The third kappa shape index (κ3) is 4.98. The van der Waals surface area contributed by atoms with Crippen molar-refractivity contribution >= 4 is 17.4 Å². The summed E-state index contributed by atoms with van der Waals surface area (Å²) in [5.41, 5.74) is 0. The average molecular weight is 311 g/mol. The van der Waals surface area contributed by atoms with Gasteiger partial charge in [-0.2, -0.15) is 0 Å². The topological polar surface area (TPSA) is 64.6 Å². The number of carbonyl (C=O) groups is 1. The molecule has 2 amide bonds. The lowest BCUT2D eigenvalue weighted by molar-refractivity contribution is 0.117. The van der Waals surface area contributed by atoms with Gasteiger partial charge in [-0.25, -0.2) is 4.79 Å². The number of nitrogens with one attached hydrogen (secondary N) is 2. The number of rotatable bonds is 5. The molecule has 0 saturated heterocycles. The highest BCUT2D eigenvalue weighted by molar-refractivity contribution is 7.10. The van der Waals surface area contributed by atoms with Crippen molar-refractivity contribution in [2.75, 3.05) is 20.6 Å². The third-order valence-corrected chi connectivity index (χ3v) is 4.96. The first kappa shape index (κ1) is 16.3. The van der Waals surface area contributed by atoms with Crippen molar-refractivity contribution < 1.29 is 9.90 Å². The molecule has 1 aliphatic carbocycles. The number of aliphatic hydroxyl groups excluding tert-OH is 1. The van der Waals surface area contributed by atoms with Crippen LogP contribution in [0.5, 0.6) is 0 Å². The van der Waals surface area contributed by atoms with E-state index in [4.69, 9.17) is 0 Å². The largest absolute Gasteiger partial charge is 0.393 e. The summed E-state index contributed by atoms with van der Waals surface area (Å²) < 4.78 is 0. The number of nitrogens with zero attached hydrogens (tertiary/aromatic N) is 1. The van der Waals surface area contributed by atoms with Gasteiger partial charge in [0.05, 0.1) is 12.1 Å². The van der Waals surface area contributed by atoms with Crippen molar-refractivity contribution in [3.63, 3.8) is 0 Å². The second kappa shape index (κ2) is 7.77. The summed E-state index contributed by atoms with van der Waals surface area (Å²) in [7, 11) is 4.04. The maximum Gasteiger partial charge on any atom is 0.315 e.